The van der Waals surface area contributed by atoms with Crippen LogP contribution in [0.5, 0.6) is 0 Å². The minimum Gasteiger partial charge on any atom is -0.367 e. The fourth-order valence-corrected chi connectivity index (χ4v) is 4.05. The molecule has 3 heteroatoms. The van der Waals surface area contributed by atoms with E-state index in [4.69, 9.17) is 0 Å². The van der Waals surface area contributed by atoms with Crippen molar-refractivity contribution in [2.45, 2.75) is 45.1 Å². The molecule has 2 aliphatic heterocycles. The number of anilines is 1. The van der Waals surface area contributed by atoms with Gasteiger partial charge in [0.15, 0.2) is 11.6 Å². The van der Waals surface area contributed by atoms with Crippen molar-refractivity contribution < 1.29 is 9.59 Å². The van der Waals surface area contributed by atoms with Crippen molar-refractivity contribution in [1.82, 2.24) is 0 Å². The number of carbonyl (C=O) groups is 2. The molecule has 0 aromatic heterocycles. The van der Waals surface area contributed by atoms with Crippen LogP contribution < -0.4 is 4.90 Å². The third kappa shape index (κ3) is 1.28. The Morgan fingerprint density at radius 3 is 2.74 bits per heavy atom. The van der Waals surface area contributed by atoms with Gasteiger partial charge >= 0.3 is 0 Å². The van der Waals surface area contributed by atoms with Crippen LogP contribution in [-0.2, 0) is 6.42 Å². The van der Waals surface area contributed by atoms with Gasteiger partial charge in [0.05, 0.1) is 5.69 Å². The Kier molecular flexibility index (Phi) is 2.05. The van der Waals surface area contributed by atoms with Gasteiger partial charge in [-0.15, -0.1) is 0 Å². The fraction of sp³-hybridized carbons (Fsp3) is 0.500. The second-order valence-corrected chi connectivity index (χ2v) is 6.17. The van der Waals surface area contributed by atoms with Gasteiger partial charge in [-0.25, -0.2) is 0 Å². The van der Waals surface area contributed by atoms with Crippen molar-refractivity contribution in [2.75, 3.05) is 11.4 Å². The minimum atomic E-state index is 0.197. The summed E-state index contributed by atoms with van der Waals surface area (Å²) in [6.45, 7) is 5.18. The maximum absolute atomic E-state index is 12.5. The molecule has 0 bridgehead atoms. The Labute approximate surface area is 112 Å². The molecular formula is C16H17NO2. The summed E-state index contributed by atoms with van der Waals surface area (Å²) in [6.07, 6.45) is 2.12. The van der Waals surface area contributed by atoms with Crippen LogP contribution in [0.3, 0.4) is 0 Å². The molecule has 1 aliphatic carbocycles. The normalized spacial score (nSPS) is 27.8. The van der Waals surface area contributed by atoms with Crippen LogP contribution in [0.15, 0.2) is 6.07 Å². The van der Waals surface area contributed by atoms with Crippen LogP contribution in [0.2, 0.25) is 0 Å². The van der Waals surface area contributed by atoms with Gasteiger partial charge in [0.2, 0.25) is 0 Å². The molecule has 19 heavy (non-hydrogen) atoms. The maximum Gasteiger partial charge on any atom is 0.167 e. The fourth-order valence-electron chi connectivity index (χ4n) is 4.05. The van der Waals surface area contributed by atoms with Crippen LogP contribution in [0, 0.1) is 0 Å². The summed E-state index contributed by atoms with van der Waals surface area (Å²) in [7, 11) is 0. The van der Waals surface area contributed by atoms with Gasteiger partial charge in [-0.1, -0.05) is 6.92 Å². The lowest BCUT2D eigenvalue weighted by atomic mass is 9.86. The summed E-state index contributed by atoms with van der Waals surface area (Å²) in [4.78, 5) is 26.9. The monoisotopic (exact) mass is 255 g/mol. The Morgan fingerprint density at radius 1 is 1.16 bits per heavy atom. The highest BCUT2D eigenvalue weighted by atomic mass is 16.1. The third-order valence-electron chi connectivity index (χ3n) is 4.90. The van der Waals surface area contributed by atoms with E-state index in [0.717, 1.165) is 35.3 Å². The van der Waals surface area contributed by atoms with Crippen molar-refractivity contribution >= 4 is 17.3 Å². The van der Waals surface area contributed by atoms with Crippen LogP contribution in [-0.4, -0.2) is 24.2 Å². The Bertz CT molecular complexity index is 632. The molecule has 0 N–H and O–H groups in total. The minimum absolute atomic E-state index is 0.197. The second kappa shape index (κ2) is 3.47. The van der Waals surface area contributed by atoms with E-state index in [9.17, 15) is 9.59 Å². The SMILES string of the molecule is CC1CC(=O)c2cc3c4c(c21)C(=O)CC(C)N4CC3. The highest BCUT2D eigenvalue weighted by molar-refractivity contribution is 6.12. The predicted molar refractivity (Wildman–Crippen MR) is 73.3 cm³/mol. The molecule has 0 amide bonds. The molecule has 1 aromatic rings. The van der Waals surface area contributed by atoms with Gasteiger partial charge in [0.25, 0.3) is 0 Å². The van der Waals surface area contributed by atoms with Crippen molar-refractivity contribution in [3.05, 3.63) is 28.3 Å². The first kappa shape index (κ1) is 11.2. The molecule has 0 saturated heterocycles. The van der Waals surface area contributed by atoms with Gasteiger partial charge in [-0.3, -0.25) is 9.59 Å². The summed E-state index contributed by atoms with van der Waals surface area (Å²) in [5.74, 6) is 0.648. The molecule has 98 valence electrons. The first-order chi connectivity index (χ1) is 9.08. The smallest absolute Gasteiger partial charge is 0.167 e. The molecule has 0 spiro atoms. The van der Waals surface area contributed by atoms with E-state index in [2.05, 4.69) is 24.8 Å². The van der Waals surface area contributed by atoms with Gasteiger partial charge in [0, 0.05) is 36.6 Å². The molecule has 2 unspecified atom stereocenters. The number of Topliss-reactive ketones (excluding diaryl/α,β-unsaturated/α-hetero) is 2. The number of nitrogens with zero attached hydrogens (tertiary/aromatic N) is 1. The molecule has 0 saturated carbocycles. The van der Waals surface area contributed by atoms with Crippen molar-refractivity contribution in [1.29, 1.82) is 0 Å². The zero-order valence-electron chi connectivity index (χ0n) is 11.3. The lowest BCUT2D eigenvalue weighted by Gasteiger charge is -2.34. The summed E-state index contributed by atoms with van der Waals surface area (Å²) >= 11 is 0. The maximum atomic E-state index is 12.5. The van der Waals surface area contributed by atoms with Crippen molar-refractivity contribution in [2.24, 2.45) is 0 Å². The second-order valence-electron chi connectivity index (χ2n) is 6.17. The van der Waals surface area contributed by atoms with E-state index in [0.29, 0.717) is 18.9 Å². The number of fused-ring (bicyclic) bond motifs is 2. The van der Waals surface area contributed by atoms with Gasteiger partial charge in [-0.2, -0.15) is 0 Å². The summed E-state index contributed by atoms with van der Waals surface area (Å²) in [6, 6.07) is 2.36. The third-order valence-corrected chi connectivity index (χ3v) is 4.90. The number of hydrogen-bond acceptors (Lipinski definition) is 3. The van der Waals surface area contributed by atoms with E-state index >= 15 is 0 Å². The van der Waals surface area contributed by atoms with Gasteiger partial charge in [-0.05, 0) is 36.5 Å². The molecule has 0 radical (unpaired) electrons. The van der Waals surface area contributed by atoms with Crippen molar-refractivity contribution in [3.63, 3.8) is 0 Å². The zero-order chi connectivity index (χ0) is 13.3. The molecule has 3 aliphatic rings. The number of rotatable bonds is 0. The molecule has 1 aromatic carbocycles. The Morgan fingerprint density at radius 2 is 1.95 bits per heavy atom. The van der Waals surface area contributed by atoms with Crippen LogP contribution in [0.1, 0.15) is 64.4 Å². The first-order valence-electron chi connectivity index (χ1n) is 7.10. The summed E-state index contributed by atoms with van der Waals surface area (Å²) in [5.41, 5.74) is 5.08. The van der Waals surface area contributed by atoms with Crippen molar-refractivity contribution in [3.8, 4) is 0 Å². The highest BCUT2D eigenvalue weighted by Gasteiger charge is 2.41. The molecule has 2 atom stereocenters. The highest BCUT2D eigenvalue weighted by Crippen LogP contribution is 2.47. The molecule has 4 rings (SSSR count). The Balaban J connectivity index is 2.07. The number of carbonyl (C=O) groups excluding carboxylic acids is 2. The largest absolute Gasteiger partial charge is 0.367 e. The lowest BCUT2D eigenvalue weighted by molar-refractivity contribution is 0.0965. The van der Waals surface area contributed by atoms with Gasteiger partial charge in [0.1, 0.15) is 0 Å². The average molecular weight is 255 g/mol. The van der Waals surface area contributed by atoms with E-state index < -0.39 is 0 Å². The molecule has 0 fully saturated rings. The quantitative estimate of drug-likeness (QED) is 0.715. The topological polar surface area (TPSA) is 37.4 Å². The molecule has 3 nitrogen and oxygen atoms in total. The van der Waals surface area contributed by atoms with E-state index in [1.807, 2.05) is 0 Å². The number of benzene rings is 1. The Hall–Kier alpha value is -1.64. The first-order valence-corrected chi connectivity index (χ1v) is 7.10. The van der Waals surface area contributed by atoms with Crippen LogP contribution >= 0.6 is 0 Å². The summed E-state index contributed by atoms with van der Waals surface area (Å²) in [5, 5.41) is 0. The zero-order valence-corrected chi connectivity index (χ0v) is 11.3. The standard InChI is InChI=1S/C16H17NO2/c1-8-5-12(18)11-7-10-3-4-17-9(2)6-13(19)15(14(8)11)16(10)17/h7-9H,3-6H2,1-2H3. The van der Waals surface area contributed by atoms with E-state index in [1.54, 1.807) is 0 Å². The average Bonchev–Trinajstić information content (AvgIpc) is 2.89. The van der Waals surface area contributed by atoms with E-state index in [-0.39, 0.29) is 17.5 Å². The van der Waals surface area contributed by atoms with Gasteiger partial charge < -0.3 is 4.90 Å². The van der Waals surface area contributed by atoms with Crippen LogP contribution in [0.4, 0.5) is 5.69 Å². The molecule has 2 heterocycles. The predicted octanol–water partition coefficient (Wildman–Crippen LogP) is 2.71. The summed E-state index contributed by atoms with van der Waals surface area (Å²) < 4.78 is 0. The lowest BCUT2D eigenvalue weighted by Crippen LogP contribution is -2.38. The number of ketones is 2. The van der Waals surface area contributed by atoms with E-state index in [1.165, 1.54) is 5.56 Å². The van der Waals surface area contributed by atoms with Crippen LogP contribution in [0.25, 0.3) is 0 Å². The number of hydrogen-bond donors (Lipinski definition) is 0. The molecular weight excluding hydrogens is 238 g/mol.